The van der Waals surface area contributed by atoms with Crippen LogP contribution in [0.1, 0.15) is 29.5 Å². The lowest BCUT2D eigenvalue weighted by molar-refractivity contribution is -0.138. The molecule has 1 fully saturated rings. The molecule has 0 spiro atoms. The van der Waals surface area contributed by atoms with Gasteiger partial charge in [0.1, 0.15) is 0 Å². The summed E-state index contributed by atoms with van der Waals surface area (Å²) < 4.78 is 44.7. The maximum absolute atomic E-state index is 13.1. The predicted octanol–water partition coefficient (Wildman–Crippen LogP) is 5.22. The third kappa shape index (κ3) is 6.02. The lowest BCUT2D eigenvalue weighted by atomic mass is 10.0. The summed E-state index contributed by atoms with van der Waals surface area (Å²) in [5, 5.41) is 3.43. The Kier molecular flexibility index (Phi) is 7.51. The normalized spacial score (nSPS) is 15.8. The van der Waals surface area contributed by atoms with Crippen LogP contribution < -0.4 is 10.1 Å². The Bertz CT molecular complexity index is 1100. The van der Waals surface area contributed by atoms with Crippen LogP contribution in [0.2, 0.25) is 0 Å². The standard InChI is InChI=1S/C24H26BrF3N4O/c1-33-22-5-4-21-23(31-22)17(6-10-29-21)7-11-32-12-8-18(9-13-32)30-15-16-2-3-20(25)19(14-16)24(26,27)28/h2-6,10,14,18,30H,7-9,11-13,15H2,1H3. The summed E-state index contributed by atoms with van der Waals surface area (Å²) in [5.41, 5.74) is 2.89. The van der Waals surface area contributed by atoms with Crippen molar-refractivity contribution in [1.82, 2.24) is 20.2 Å². The highest BCUT2D eigenvalue weighted by molar-refractivity contribution is 9.10. The van der Waals surface area contributed by atoms with E-state index in [0.29, 0.717) is 24.0 Å². The van der Waals surface area contributed by atoms with Gasteiger partial charge in [-0.05, 0) is 67.7 Å². The summed E-state index contributed by atoms with van der Waals surface area (Å²) in [6, 6.07) is 10.5. The minimum absolute atomic E-state index is 0.0719. The Morgan fingerprint density at radius 2 is 1.94 bits per heavy atom. The second-order valence-corrected chi connectivity index (χ2v) is 9.10. The first-order valence-electron chi connectivity index (χ1n) is 10.9. The average molecular weight is 523 g/mol. The van der Waals surface area contributed by atoms with Crippen molar-refractivity contribution >= 4 is 27.0 Å². The molecule has 0 atom stereocenters. The zero-order valence-electron chi connectivity index (χ0n) is 18.3. The summed E-state index contributed by atoms with van der Waals surface area (Å²) in [5.74, 6) is 0.580. The van der Waals surface area contributed by atoms with Gasteiger partial charge < -0.3 is 15.0 Å². The van der Waals surface area contributed by atoms with Crippen LogP contribution in [-0.2, 0) is 19.1 Å². The number of methoxy groups -OCH3 is 1. The number of likely N-dealkylation sites (tertiary alicyclic amines) is 1. The van der Waals surface area contributed by atoms with Crippen molar-refractivity contribution in [2.24, 2.45) is 0 Å². The molecule has 3 aromatic rings. The van der Waals surface area contributed by atoms with E-state index < -0.39 is 11.7 Å². The first-order chi connectivity index (χ1) is 15.8. The van der Waals surface area contributed by atoms with E-state index in [1.807, 2.05) is 24.4 Å². The lowest BCUT2D eigenvalue weighted by Crippen LogP contribution is -2.42. The Morgan fingerprint density at radius 1 is 1.15 bits per heavy atom. The van der Waals surface area contributed by atoms with Gasteiger partial charge in [0.15, 0.2) is 0 Å². The van der Waals surface area contributed by atoms with Gasteiger partial charge in [-0.1, -0.05) is 22.0 Å². The SMILES string of the molecule is COc1ccc2nccc(CCN3CCC(NCc4ccc(Br)c(C(F)(F)F)c4)CC3)c2n1. The van der Waals surface area contributed by atoms with E-state index in [1.54, 1.807) is 13.2 Å². The quantitative estimate of drug-likeness (QED) is 0.461. The first-order valence-corrected chi connectivity index (χ1v) is 11.7. The summed E-state index contributed by atoms with van der Waals surface area (Å²) in [4.78, 5) is 11.4. The van der Waals surface area contributed by atoms with Gasteiger partial charge in [0.25, 0.3) is 0 Å². The highest BCUT2D eigenvalue weighted by atomic mass is 79.9. The number of piperidine rings is 1. The molecule has 1 aliphatic rings. The van der Waals surface area contributed by atoms with Gasteiger partial charge >= 0.3 is 6.18 Å². The van der Waals surface area contributed by atoms with Gasteiger partial charge in [-0.15, -0.1) is 0 Å². The molecule has 3 heterocycles. The Labute approximate surface area is 199 Å². The Morgan fingerprint density at radius 3 is 2.67 bits per heavy atom. The Hall–Kier alpha value is -2.23. The van der Waals surface area contributed by atoms with Gasteiger partial charge in [0.2, 0.25) is 5.88 Å². The number of nitrogens with zero attached hydrogens (tertiary/aromatic N) is 3. The molecule has 0 aliphatic carbocycles. The molecule has 0 radical (unpaired) electrons. The second-order valence-electron chi connectivity index (χ2n) is 8.25. The van der Waals surface area contributed by atoms with Crippen molar-refractivity contribution in [1.29, 1.82) is 0 Å². The molecule has 1 N–H and O–H groups in total. The highest BCUT2D eigenvalue weighted by Gasteiger charge is 2.33. The van der Waals surface area contributed by atoms with E-state index in [4.69, 9.17) is 4.74 Å². The maximum Gasteiger partial charge on any atom is 0.417 e. The molecule has 0 amide bonds. The number of rotatable bonds is 7. The van der Waals surface area contributed by atoms with E-state index in [-0.39, 0.29) is 4.47 Å². The third-order valence-corrected chi connectivity index (χ3v) is 6.76. The largest absolute Gasteiger partial charge is 0.481 e. The topological polar surface area (TPSA) is 50.3 Å². The zero-order chi connectivity index (χ0) is 23.4. The molecule has 5 nitrogen and oxygen atoms in total. The number of aromatic nitrogens is 2. The molecule has 2 aromatic heterocycles. The van der Waals surface area contributed by atoms with Crippen LogP contribution in [0.15, 0.2) is 47.1 Å². The number of alkyl halides is 3. The van der Waals surface area contributed by atoms with Gasteiger partial charge in [-0.2, -0.15) is 13.2 Å². The lowest BCUT2D eigenvalue weighted by Gasteiger charge is -2.32. The van der Waals surface area contributed by atoms with Crippen LogP contribution in [0, 0.1) is 0 Å². The summed E-state index contributed by atoms with van der Waals surface area (Å²) in [6.45, 7) is 3.25. The molecule has 4 rings (SSSR count). The highest BCUT2D eigenvalue weighted by Crippen LogP contribution is 2.35. The minimum Gasteiger partial charge on any atom is -0.481 e. The van der Waals surface area contributed by atoms with Crippen LogP contribution in [0.4, 0.5) is 13.2 Å². The number of ether oxygens (including phenoxy) is 1. The molecule has 1 aromatic carbocycles. The van der Waals surface area contributed by atoms with E-state index >= 15 is 0 Å². The third-order valence-electron chi connectivity index (χ3n) is 6.07. The van der Waals surface area contributed by atoms with Gasteiger partial charge in [-0.25, -0.2) is 4.98 Å². The molecule has 33 heavy (non-hydrogen) atoms. The molecular weight excluding hydrogens is 497 g/mol. The van der Waals surface area contributed by atoms with Crippen molar-refractivity contribution in [3.63, 3.8) is 0 Å². The van der Waals surface area contributed by atoms with Crippen LogP contribution in [0.25, 0.3) is 11.0 Å². The van der Waals surface area contributed by atoms with E-state index in [9.17, 15) is 13.2 Å². The molecule has 1 saturated heterocycles. The molecule has 0 bridgehead atoms. The summed E-state index contributed by atoms with van der Waals surface area (Å²) in [6.07, 6.45) is 0.253. The van der Waals surface area contributed by atoms with Crippen LogP contribution >= 0.6 is 15.9 Å². The number of hydrogen-bond acceptors (Lipinski definition) is 5. The van der Waals surface area contributed by atoms with Crippen molar-refractivity contribution in [2.75, 3.05) is 26.7 Å². The Balaban J connectivity index is 1.28. The first kappa shape index (κ1) is 23.9. The maximum atomic E-state index is 13.1. The van der Waals surface area contributed by atoms with Crippen LogP contribution in [-0.4, -0.2) is 47.7 Å². The second kappa shape index (κ2) is 10.4. The van der Waals surface area contributed by atoms with E-state index in [1.165, 1.54) is 12.1 Å². The molecule has 9 heteroatoms. The van der Waals surface area contributed by atoms with E-state index in [0.717, 1.165) is 55.5 Å². The molecule has 176 valence electrons. The van der Waals surface area contributed by atoms with Crippen LogP contribution in [0.3, 0.4) is 0 Å². The predicted molar refractivity (Wildman–Crippen MR) is 125 cm³/mol. The molecular formula is C24H26BrF3N4O. The molecule has 0 unspecified atom stereocenters. The number of hydrogen-bond donors (Lipinski definition) is 1. The number of benzene rings is 1. The molecule has 0 saturated carbocycles. The minimum atomic E-state index is -4.36. The van der Waals surface area contributed by atoms with Crippen molar-refractivity contribution in [2.45, 2.75) is 38.0 Å². The summed E-state index contributed by atoms with van der Waals surface area (Å²) >= 11 is 2.99. The number of pyridine rings is 2. The fourth-order valence-corrected chi connectivity index (χ4v) is 4.65. The van der Waals surface area contributed by atoms with Gasteiger partial charge in [-0.3, -0.25) is 4.98 Å². The average Bonchev–Trinajstić information content (AvgIpc) is 2.81. The fraction of sp³-hybridized carbons (Fsp3) is 0.417. The fourth-order valence-electron chi connectivity index (χ4n) is 4.18. The molecule has 1 aliphatic heterocycles. The van der Waals surface area contributed by atoms with Gasteiger partial charge in [0, 0.05) is 35.9 Å². The monoisotopic (exact) mass is 522 g/mol. The van der Waals surface area contributed by atoms with E-state index in [2.05, 4.69) is 36.1 Å². The van der Waals surface area contributed by atoms with Crippen LogP contribution in [0.5, 0.6) is 5.88 Å². The van der Waals surface area contributed by atoms with Crippen molar-refractivity contribution in [3.8, 4) is 5.88 Å². The smallest absolute Gasteiger partial charge is 0.417 e. The van der Waals surface area contributed by atoms with Crippen molar-refractivity contribution < 1.29 is 17.9 Å². The van der Waals surface area contributed by atoms with Crippen molar-refractivity contribution in [3.05, 3.63) is 63.8 Å². The zero-order valence-corrected chi connectivity index (χ0v) is 19.9. The number of nitrogens with one attached hydrogen (secondary N) is 1. The van der Waals surface area contributed by atoms with Gasteiger partial charge in [0.05, 0.1) is 23.7 Å². The summed E-state index contributed by atoms with van der Waals surface area (Å²) in [7, 11) is 1.61. The number of fused-ring (bicyclic) bond motifs is 1. The number of halogens is 4.